The van der Waals surface area contributed by atoms with Gasteiger partial charge < -0.3 is 10.9 Å². The van der Waals surface area contributed by atoms with Crippen molar-refractivity contribution in [2.24, 2.45) is 10.9 Å². The summed E-state index contributed by atoms with van der Waals surface area (Å²) in [6.07, 6.45) is 8.04. The van der Waals surface area contributed by atoms with E-state index >= 15 is 0 Å². The van der Waals surface area contributed by atoms with Gasteiger partial charge in [0.05, 0.1) is 6.20 Å². The van der Waals surface area contributed by atoms with Crippen molar-refractivity contribution < 1.29 is 5.21 Å². The molecule has 7 heteroatoms. The van der Waals surface area contributed by atoms with E-state index in [2.05, 4.69) is 20.1 Å². The van der Waals surface area contributed by atoms with Crippen molar-refractivity contribution in [1.82, 2.24) is 15.0 Å². The second-order valence-corrected chi connectivity index (χ2v) is 4.07. The van der Waals surface area contributed by atoms with Crippen LogP contribution in [0, 0.1) is 0 Å². The number of nitrogens with zero attached hydrogens (tertiary/aromatic N) is 4. The maximum Gasteiger partial charge on any atom is 0.171 e. The summed E-state index contributed by atoms with van der Waals surface area (Å²) in [7, 11) is 0. The lowest BCUT2D eigenvalue weighted by atomic mass is 10.2. The number of oxime groups is 1. The fourth-order valence-electron chi connectivity index (χ4n) is 1.18. The predicted molar refractivity (Wildman–Crippen MR) is 62.9 cm³/mol. The van der Waals surface area contributed by atoms with E-state index in [1.165, 1.54) is 11.8 Å². The van der Waals surface area contributed by atoms with Crippen LogP contribution in [0.3, 0.4) is 0 Å². The molecule has 86 valence electrons. The molecule has 0 aliphatic rings. The van der Waals surface area contributed by atoms with Gasteiger partial charge in [0, 0.05) is 35.2 Å². The smallest absolute Gasteiger partial charge is 0.171 e. The van der Waals surface area contributed by atoms with Crippen LogP contribution in [0.15, 0.2) is 52.1 Å². The zero-order valence-corrected chi connectivity index (χ0v) is 9.50. The minimum absolute atomic E-state index is 0.0405. The zero-order chi connectivity index (χ0) is 12.1. The Kier molecular flexibility index (Phi) is 3.51. The van der Waals surface area contributed by atoms with Crippen LogP contribution in [0.5, 0.6) is 0 Å². The Bertz CT molecular complexity index is 531. The van der Waals surface area contributed by atoms with Gasteiger partial charge in [-0.25, -0.2) is 4.98 Å². The van der Waals surface area contributed by atoms with E-state index in [4.69, 9.17) is 10.9 Å². The first-order chi connectivity index (χ1) is 8.31. The van der Waals surface area contributed by atoms with Crippen LogP contribution in [0.4, 0.5) is 0 Å². The summed E-state index contributed by atoms with van der Waals surface area (Å²) >= 11 is 1.35. The second-order valence-electron chi connectivity index (χ2n) is 3.00. The lowest BCUT2D eigenvalue weighted by molar-refractivity contribution is 0.318. The van der Waals surface area contributed by atoms with Crippen LogP contribution in [-0.2, 0) is 0 Å². The zero-order valence-electron chi connectivity index (χ0n) is 8.69. The van der Waals surface area contributed by atoms with Gasteiger partial charge in [0.2, 0.25) is 0 Å². The molecule has 0 atom stereocenters. The molecule has 0 bridgehead atoms. The molecule has 17 heavy (non-hydrogen) atoms. The van der Waals surface area contributed by atoms with E-state index < -0.39 is 0 Å². The van der Waals surface area contributed by atoms with Crippen LogP contribution >= 0.6 is 11.8 Å². The first-order valence-electron chi connectivity index (χ1n) is 4.67. The molecule has 0 spiro atoms. The Balaban J connectivity index is 2.33. The molecule has 0 aromatic carbocycles. The van der Waals surface area contributed by atoms with Gasteiger partial charge in [-0.15, -0.1) is 0 Å². The molecule has 0 amide bonds. The van der Waals surface area contributed by atoms with Crippen molar-refractivity contribution in [3.63, 3.8) is 0 Å². The van der Waals surface area contributed by atoms with E-state index in [-0.39, 0.29) is 5.84 Å². The van der Waals surface area contributed by atoms with Crippen molar-refractivity contribution in [2.75, 3.05) is 0 Å². The fourth-order valence-corrected chi connectivity index (χ4v) is 2.03. The van der Waals surface area contributed by atoms with E-state index in [0.717, 1.165) is 4.90 Å². The molecular weight excluding hydrogens is 238 g/mol. The Labute approximate surface area is 102 Å². The van der Waals surface area contributed by atoms with Crippen molar-refractivity contribution in [1.29, 1.82) is 0 Å². The largest absolute Gasteiger partial charge is 0.409 e. The third-order valence-electron chi connectivity index (χ3n) is 1.92. The number of aromatic nitrogens is 3. The van der Waals surface area contributed by atoms with E-state index in [1.54, 1.807) is 37.1 Å². The van der Waals surface area contributed by atoms with Crippen LogP contribution in [0.25, 0.3) is 0 Å². The third-order valence-corrected chi connectivity index (χ3v) is 2.89. The summed E-state index contributed by atoms with van der Waals surface area (Å²) < 4.78 is 0. The number of hydrogen-bond donors (Lipinski definition) is 2. The topological polar surface area (TPSA) is 97.3 Å². The molecule has 0 saturated carbocycles. The molecule has 0 radical (unpaired) electrons. The van der Waals surface area contributed by atoms with E-state index in [0.29, 0.717) is 10.6 Å². The molecular formula is C10H9N5OS. The molecule has 0 aliphatic carbocycles. The summed E-state index contributed by atoms with van der Waals surface area (Å²) in [5, 5.41) is 12.4. The summed E-state index contributed by atoms with van der Waals surface area (Å²) in [6.45, 7) is 0. The van der Waals surface area contributed by atoms with Gasteiger partial charge in [-0.3, -0.25) is 9.97 Å². The quantitative estimate of drug-likeness (QED) is 0.365. The molecule has 2 aromatic heterocycles. The highest BCUT2D eigenvalue weighted by atomic mass is 32.2. The average molecular weight is 247 g/mol. The average Bonchev–Trinajstić information content (AvgIpc) is 2.40. The normalized spacial score (nSPS) is 11.4. The van der Waals surface area contributed by atoms with Gasteiger partial charge in [0.1, 0.15) is 5.03 Å². The Morgan fingerprint density at radius 2 is 2.06 bits per heavy atom. The molecule has 0 aliphatic heterocycles. The minimum atomic E-state index is 0.0405. The van der Waals surface area contributed by atoms with E-state index in [9.17, 15) is 0 Å². The highest BCUT2D eigenvalue weighted by Gasteiger charge is 2.09. The molecule has 6 nitrogen and oxygen atoms in total. The van der Waals surface area contributed by atoms with E-state index in [1.807, 2.05) is 0 Å². The number of amidine groups is 1. The summed E-state index contributed by atoms with van der Waals surface area (Å²) in [4.78, 5) is 12.8. The second kappa shape index (κ2) is 5.26. The van der Waals surface area contributed by atoms with Crippen LogP contribution in [-0.4, -0.2) is 26.0 Å². The van der Waals surface area contributed by atoms with Gasteiger partial charge in [-0.2, -0.15) is 0 Å². The van der Waals surface area contributed by atoms with Gasteiger partial charge >= 0.3 is 0 Å². The molecule has 0 saturated heterocycles. The number of rotatable bonds is 3. The van der Waals surface area contributed by atoms with Crippen molar-refractivity contribution in [3.05, 3.63) is 42.6 Å². The molecule has 3 N–H and O–H groups in total. The molecule has 2 rings (SSSR count). The third kappa shape index (κ3) is 2.70. The van der Waals surface area contributed by atoms with Gasteiger partial charge in [-0.1, -0.05) is 16.9 Å². The van der Waals surface area contributed by atoms with Crippen LogP contribution in [0.1, 0.15) is 5.56 Å². The number of hydrogen-bond acceptors (Lipinski definition) is 6. The number of pyridine rings is 1. The van der Waals surface area contributed by atoms with Crippen molar-refractivity contribution in [3.8, 4) is 0 Å². The van der Waals surface area contributed by atoms with Gasteiger partial charge in [0.15, 0.2) is 5.84 Å². The first kappa shape index (κ1) is 11.3. The molecule has 0 fully saturated rings. The van der Waals surface area contributed by atoms with Gasteiger partial charge in [0.25, 0.3) is 0 Å². The monoisotopic (exact) mass is 247 g/mol. The number of nitrogens with two attached hydrogens (primary N) is 1. The lowest BCUT2D eigenvalue weighted by Crippen LogP contribution is -2.14. The Morgan fingerprint density at radius 3 is 2.76 bits per heavy atom. The lowest BCUT2D eigenvalue weighted by Gasteiger charge is -2.05. The maximum atomic E-state index is 8.68. The molecule has 2 aromatic rings. The summed E-state index contributed by atoms with van der Waals surface area (Å²) in [5.41, 5.74) is 6.18. The van der Waals surface area contributed by atoms with Crippen molar-refractivity contribution in [2.45, 2.75) is 9.92 Å². The summed E-state index contributed by atoms with van der Waals surface area (Å²) in [5.74, 6) is 0.0405. The predicted octanol–water partition coefficient (Wildman–Crippen LogP) is 1.12. The summed E-state index contributed by atoms with van der Waals surface area (Å²) in [6, 6.07) is 1.67. The Morgan fingerprint density at radius 1 is 1.24 bits per heavy atom. The molecule has 0 unspecified atom stereocenters. The standard InChI is InChI=1S/C10H9N5OS/c11-10(15-16)7-1-2-12-5-8(7)17-9-6-13-3-4-14-9/h1-6,16H,(H2,11,15). The first-order valence-corrected chi connectivity index (χ1v) is 5.48. The maximum absolute atomic E-state index is 8.68. The SMILES string of the molecule is NC(=NO)c1ccncc1Sc1cnccn1. The minimum Gasteiger partial charge on any atom is -0.409 e. The van der Waals surface area contributed by atoms with Gasteiger partial charge in [-0.05, 0) is 6.07 Å². The van der Waals surface area contributed by atoms with Crippen LogP contribution < -0.4 is 5.73 Å². The van der Waals surface area contributed by atoms with Crippen LogP contribution in [0.2, 0.25) is 0 Å². The highest BCUT2D eigenvalue weighted by molar-refractivity contribution is 7.99. The Hall–Kier alpha value is -2.15. The fraction of sp³-hybridized carbons (Fsp3) is 0. The highest BCUT2D eigenvalue weighted by Crippen LogP contribution is 2.27. The molecule has 2 heterocycles. The van der Waals surface area contributed by atoms with Crippen molar-refractivity contribution >= 4 is 17.6 Å².